The number of nitrogens with zero attached hydrogens (tertiary/aromatic N) is 1. The van der Waals surface area contributed by atoms with Gasteiger partial charge < -0.3 is 9.47 Å². The van der Waals surface area contributed by atoms with E-state index >= 15 is 0 Å². The maximum atomic E-state index is 5.71. The van der Waals surface area contributed by atoms with Gasteiger partial charge in [0.1, 0.15) is 6.61 Å². The summed E-state index contributed by atoms with van der Waals surface area (Å²) in [6, 6.07) is 12.1. The molecule has 0 heterocycles. The Kier molecular flexibility index (Phi) is 6.65. The van der Waals surface area contributed by atoms with Crippen LogP contribution in [0.1, 0.15) is 18.1 Å². The Morgan fingerprint density at radius 3 is 2.57 bits per heavy atom. The van der Waals surface area contributed by atoms with Crippen LogP contribution in [-0.4, -0.2) is 19.4 Å². The second-order valence-electron chi connectivity index (χ2n) is 4.96. The third kappa shape index (κ3) is 5.10. The second kappa shape index (κ2) is 8.72. The smallest absolute Gasteiger partial charge is 0.174 e. The number of hydrogen-bond donors (Lipinski definition) is 0. The van der Waals surface area contributed by atoms with Crippen LogP contribution in [-0.2, 0) is 0 Å². The summed E-state index contributed by atoms with van der Waals surface area (Å²) in [5.41, 5.74) is 3.13. The van der Waals surface area contributed by atoms with Crippen molar-refractivity contribution in [1.29, 1.82) is 0 Å². The topological polar surface area (TPSA) is 30.8 Å². The zero-order valence-electron chi connectivity index (χ0n) is 13.4. The molecule has 2 aromatic carbocycles. The van der Waals surface area contributed by atoms with Crippen molar-refractivity contribution in [3.05, 3.63) is 63.8 Å². The summed E-state index contributed by atoms with van der Waals surface area (Å²) in [5, 5.41) is 0. The van der Waals surface area contributed by atoms with E-state index in [2.05, 4.69) is 41.1 Å². The fourth-order valence-corrected chi connectivity index (χ4v) is 2.77. The SMILES string of the molecule is C=CCOc1c(I)cc(C=Nc2ccc(C)cc2)cc1OCC. The molecule has 0 spiro atoms. The van der Waals surface area contributed by atoms with E-state index in [1.54, 1.807) is 6.08 Å². The summed E-state index contributed by atoms with van der Waals surface area (Å²) in [4.78, 5) is 4.51. The minimum Gasteiger partial charge on any atom is -0.490 e. The average Bonchev–Trinajstić information content (AvgIpc) is 2.54. The van der Waals surface area contributed by atoms with Gasteiger partial charge in [-0.05, 0) is 66.3 Å². The molecule has 2 rings (SSSR count). The zero-order chi connectivity index (χ0) is 16.7. The molecular formula is C19H20INO2. The molecule has 0 aromatic heterocycles. The summed E-state index contributed by atoms with van der Waals surface area (Å²) < 4.78 is 12.4. The van der Waals surface area contributed by atoms with E-state index in [0.717, 1.165) is 26.3 Å². The van der Waals surface area contributed by atoms with Gasteiger partial charge in [0.15, 0.2) is 11.5 Å². The number of halogens is 1. The number of ether oxygens (including phenoxy) is 2. The lowest BCUT2D eigenvalue weighted by Crippen LogP contribution is -2.02. The first-order valence-corrected chi connectivity index (χ1v) is 8.52. The first-order chi connectivity index (χ1) is 11.1. The van der Waals surface area contributed by atoms with E-state index < -0.39 is 0 Å². The van der Waals surface area contributed by atoms with Crippen molar-refractivity contribution in [3.8, 4) is 11.5 Å². The standard InChI is InChI=1S/C19H20INO2/c1-4-10-23-19-17(20)11-15(12-18(19)22-5-2)13-21-16-8-6-14(3)7-9-16/h4,6-9,11-13H,1,5,10H2,2-3H3. The molecule has 0 saturated heterocycles. The Morgan fingerprint density at radius 1 is 1.17 bits per heavy atom. The summed E-state index contributed by atoms with van der Waals surface area (Å²) in [5.74, 6) is 1.48. The van der Waals surface area contributed by atoms with Crippen molar-refractivity contribution in [2.45, 2.75) is 13.8 Å². The Bertz CT molecular complexity index is 693. The maximum Gasteiger partial charge on any atom is 0.174 e. The molecule has 4 heteroatoms. The van der Waals surface area contributed by atoms with Gasteiger partial charge in [0.25, 0.3) is 0 Å². The molecule has 0 atom stereocenters. The largest absolute Gasteiger partial charge is 0.490 e. The number of aliphatic imine (C=N–C) groups is 1. The van der Waals surface area contributed by atoms with Crippen LogP contribution in [0.4, 0.5) is 5.69 Å². The molecular weight excluding hydrogens is 401 g/mol. The van der Waals surface area contributed by atoms with Gasteiger partial charge in [-0.15, -0.1) is 0 Å². The second-order valence-corrected chi connectivity index (χ2v) is 6.12. The molecule has 0 saturated carbocycles. The monoisotopic (exact) mass is 421 g/mol. The quantitative estimate of drug-likeness (QED) is 0.345. The first-order valence-electron chi connectivity index (χ1n) is 7.44. The molecule has 0 amide bonds. The summed E-state index contributed by atoms with van der Waals surface area (Å²) in [6.07, 6.45) is 3.56. The molecule has 0 N–H and O–H groups in total. The van der Waals surface area contributed by atoms with E-state index in [1.165, 1.54) is 5.56 Å². The van der Waals surface area contributed by atoms with Gasteiger partial charge >= 0.3 is 0 Å². The van der Waals surface area contributed by atoms with Crippen molar-refractivity contribution in [2.75, 3.05) is 13.2 Å². The van der Waals surface area contributed by atoms with E-state index in [4.69, 9.17) is 9.47 Å². The predicted molar refractivity (Wildman–Crippen MR) is 104 cm³/mol. The average molecular weight is 421 g/mol. The van der Waals surface area contributed by atoms with E-state index in [9.17, 15) is 0 Å². The first kappa shape index (κ1) is 17.5. The van der Waals surface area contributed by atoms with Crippen molar-refractivity contribution >= 4 is 34.5 Å². The molecule has 0 fully saturated rings. The van der Waals surface area contributed by atoms with Crippen LogP contribution in [0.5, 0.6) is 11.5 Å². The molecule has 120 valence electrons. The third-order valence-electron chi connectivity index (χ3n) is 3.07. The Morgan fingerprint density at radius 2 is 1.91 bits per heavy atom. The number of benzene rings is 2. The van der Waals surface area contributed by atoms with E-state index in [0.29, 0.717) is 13.2 Å². The number of aryl methyl sites for hydroxylation is 1. The van der Waals surface area contributed by atoms with Gasteiger partial charge in [0.2, 0.25) is 0 Å². The molecule has 0 aliphatic carbocycles. The van der Waals surface area contributed by atoms with Crippen molar-refractivity contribution < 1.29 is 9.47 Å². The fourth-order valence-electron chi connectivity index (χ4n) is 1.99. The zero-order valence-corrected chi connectivity index (χ0v) is 15.5. The minimum atomic E-state index is 0.451. The highest BCUT2D eigenvalue weighted by Crippen LogP contribution is 2.34. The highest BCUT2D eigenvalue weighted by atomic mass is 127. The lowest BCUT2D eigenvalue weighted by atomic mass is 10.2. The highest BCUT2D eigenvalue weighted by Gasteiger charge is 2.11. The molecule has 0 aliphatic rings. The molecule has 2 aromatic rings. The Balaban J connectivity index is 2.28. The summed E-state index contributed by atoms with van der Waals surface area (Å²) in [7, 11) is 0. The van der Waals surface area contributed by atoms with Crippen molar-refractivity contribution in [3.63, 3.8) is 0 Å². The highest BCUT2D eigenvalue weighted by molar-refractivity contribution is 14.1. The molecule has 23 heavy (non-hydrogen) atoms. The Hall–Kier alpha value is -1.82. The van der Waals surface area contributed by atoms with Crippen molar-refractivity contribution in [2.24, 2.45) is 4.99 Å². The molecule has 0 radical (unpaired) electrons. The van der Waals surface area contributed by atoms with Gasteiger partial charge in [-0.2, -0.15) is 0 Å². The van der Waals surface area contributed by atoms with Gasteiger partial charge in [0.05, 0.1) is 15.9 Å². The lowest BCUT2D eigenvalue weighted by molar-refractivity contribution is 0.295. The van der Waals surface area contributed by atoms with Crippen LogP contribution in [0, 0.1) is 10.5 Å². The predicted octanol–water partition coefficient (Wildman–Crippen LogP) is 5.31. The molecule has 3 nitrogen and oxygen atoms in total. The number of hydrogen-bond acceptors (Lipinski definition) is 3. The van der Waals surface area contributed by atoms with E-state index in [1.807, 2.05) is 49.5 Å². The summed E-state index contributed by atoms with van der Waals surface area (Å²) >= 11 is 2.25. The van der Waals surface area contributed by atoms with Crippen LogP contribution in [0.25, 0.3) is 0 Å². The maximum absolute atomic E-state index is 5.71. The van der Waals surface area contributed by atoms with E-state index in [-0.39, 0.29) is 0 Å². The fraction of sp³-hybridized carbons (Fsp3) is 0.211. The van der Waals surface area contributed by atoms with Crippen LogP contribution in [0.2, 0.25) is 0 Å². The van der Waals surface area contributed by atoms with Crippen LogP contribution in [0.3, 0.4) is 0 Å². The van der Waals surface area contributed by atoms with Gasteiger partial charge in [0, 0.05) is 6.21 Å². The van der Waals surface area contributed by atoms with Gasteiger partial charge in [-0.1, -0.05) is 30.4 Å². The molecule has 0 bridgehead atoms. The van der Waals surface area contributed by atoms with Crippen LogP contribution >= 0.6 is 22.6 Å². The minimum absolute atomic E-state index is 0.451. The normalized spacial score (nSPS) is 10.7. The van der Waals surface area contributed by atoms with Gasteiger partial charge in [-0.3, -0.25) is 4.99 Å². The van der Waals surface area contributed by atoms with Gasteiger partial charge in [-0.25, -0.2) is 0 Å². The molecule has 0 unspecified atom stereocenters. The Labute approximate surface area is 151 Å². The van der Waals surface area contributed by atoms with Crippen LogP contribution < -0.4 is 9.47 Å². The summed E-state index contributed by atoms with van der Waals surface area (Å²) in [6.45, 7) is 8.73. The van der Waals surface area contributed by atoms with Crippen LogP contribution in [0.15, 0.2) is 54.0 Å². The third-order valence-corrected chi connectivity index (χ3v) is 3.88. The lowest BCUT2D eigenvalue weighted by Gasteiger charge is -2.13. The number of rotatable bonds is 7. The molecule has 0 aliphatic heterocycles. The van der Waals surface area contributed by atoms with Crippen molar-refractivity contribution in [1.82, 2.24) is 0 Å².